The first-order chi connectivity index (χ1) is 13.8. The fourth-order valence-electron chi connectivity index (χ4n) is 2.87. The molecule has 1 unspecified atom stereocenters. The van der Waals surface area contributed by atoms with E-state index in [1.54, 1.807) is 24.3 Å². The second kappa shape index (κ2) is 10.4. The number of aryl methyl sites for hydroxylation is 1. The lowest BCUT2D eigenvalue weighted by molar-refractivity contribution is -0.120. The molecule has 0 saturated carbocycles. The van der Waals surface area contributed by atoms with Gasteiger partial charge in [-0.1, -0.05) is 55.8 Å². The fraction of sp³-hybridized carbons (Fsp3) is 0.348. The Morgan fingerprint density at radius 3 is 2.24 bits per heavy atom. The zero-order chi connectivity index (χ0) is 21.4. The Morgan fingerprint density at radius 1 is 0.966 bits per heavy atom. The Hall–Kier alpha value is -3.15. The van der Waals surface area contributed by atoms with E-state index in [0.29, 0.717) is 23.7 Å². The van der Waals surface area contributed by atoms with Crippen molar-refractivity contribution in [1.29, 1.82) is 0 Å². The Balaban J connectivity index is 2.13. The molecule has 3 N–H and O–H groups in total. The summed E-state index contributed by atoms with van der Waals surface area (Å²) in [5, 5.41) is 8.50. The highest BCUT2D eigenvalue weighted by Gasteiger charge is 2.19. The van der Waals surface area contributed by atoms with Gasteiger partial charge < -0.3 is 16.0 Å². The summed E-state index contributed by atoms with van der Waals surface area (Å²) >= 11 is 0. The topological polar surface area (TPSA) is 87.3 Å². The third-order valence-electron chi connectivity index (χ3n) is 4.36. The highest BCUT2D eigenvalue weighted by Crippen LogP contribution is 2.20. The van der Waals surface area contributed by atoms with Crippen molar-refractivity contribution in [3.8, 4) is 0 Å². The number of anilines is 1. The average Bonchev–Trinajstić information content (AvgIpc) is 2.66. The molecule has 6 nitrogen and oxygen atoms in total. The molecule has 0 aliphatic carbocycles. The van der Waals surface area contributed by atoms with E-state index >= 15 is 0 Å². The summed E-state index contributed by atoms with van der Waals surface area (Å²) < 4.78 is 0. The number of amides is 3. The molecule has 0 saturated heterocycles. The standard InChI is InChI=1S/C23H29N3O3/c1-15(2)14-24-23(29)19-7-5-6-8-20(19)26-22(28)13-21(25-17(4)27)18-11-9-16(3)10-12-18/h5-12,15,21H,13-14H2,1-4H3,(H,24,29)(H,25,27)(H,26,28). The number of benzene rings is 2. The summed E-state index contributed by atoms with van der Waals surface area (Å²) in [6, 6.07) is 14.1. The molecule has 0 aliphatic rings. The van der Waals surface area contributed by atoms with Crippen molar-refractivity contribution in [2.45, 2.75) is 40.2 Å². The Labute approximate surface area is 172 Å². The van der Waals surface area contributed by atoms with Crippen LogP contribution in [0, 0.1) is 12.8 Å². The summed E-state index contributed by atoms with van der Waals surface area (Å²) in [7, 11) is 0. The smallest absolute Gasteiger partial charge is 0.253 e. The molecule has 154 valence electrons. The number of carbonyl (C=O) groups is 3. The van der Waals surface area contributed by atoms with Crippen LogP contribution in [0.4, 0.5) is 5.69 Å². The summed E-state index contributed by atoms with van der Waals surface area (Å²) in [6.07, 6.45) is 0.0601. The van der Waals surface area contributed by atoms with Gasteiger partial charge in [-0.2, -0.15) is 0 Å². The Bertz CT molecular complexity index is 860. The van der Waals surface area contributed by atoms with Gasteiger partial charge in [0.25, 0.3) is 5.91 Å². The van der Waals surface area contributed by atoms with E-state index in [4.69, 9.17) is 0 Å². The lowest BCUT2D eigenvalue weighted by Crippen LogP contribution is -2.31. The lowest BCUT2D eigenvalue weighted by atomic mass is 10.0. The van der Waals surface area contributed by atoms with Crippen molar-refractivity contribution in [3.05, 3.63) is 65.2 Å². The number of para-hydroxylation sites is 1. The molecule has 0 heterocycles. The largest absolute Gasteiger partial charge is 0.352 e. The van der Waals surface area contributed by atoms with Crippen molar-refractivity contribution in [1.82, 2.24) is 10.6 Å². The molecule has 0 bridgehead atoms. The maximum absolute atomic E-state index is 12.7. The van der Waals surface area contributed by atoms with Gasteiger partial charge in [-0.15, -0.1) is 0 Å². The second-order valence-electron chi connectivity index (χ2n) is 7.57. The summed E-state index contributed by atoms with van der Waals surface area (Å²) in [5.41, 5.74) is 2.81. The quantitative estimate of drug-likeness (QED) is 0.638. The molecular weight excluding hydrogens is 366 g/mol. The van der Waals surface area contributed by atoms with Crippen molar-refractivity contribution < 1.29 is 14.4 Å². The maximum atomic E-state index is 12.7. The SMILES string of the molecule is CC(=O)NC(CC(=O)Nc1ccccc1C(=O)NCC(C)C)c1ccc(C)cc1. The molecule has 0 fully saturated rings. The van der Waals surface area contributed by atoms with E-state index < -0.39 is 6.04 Å². The summed E-state index contributed by atoms with van der Waals surface area (Å²) in [6.45, 7) is 7.99. The van der Waals surface area contributed by atoms with Crippen LogP contribution in [0.25, 0.3) is 0 Å². The zero-order valence-electron chi connectivity index (χ0n) is 17.4. The van der Waals surface area contributed by atoms with Crippen LogP contribution in [-0.2, 0) is 9.59 Å². The molecule has 1 atom stereocenters. The number of nitrogens with one attached hydrogen (secondary N) is 3. The normalized spacial score (nSPS) is 11.6. The third kappa shape index (κ3) is 7.07. The number of hydrogen-bond donors (Lipinski definition) is 3. The summed E-state index contributed by atoms with van der Waals surface area (Å²) in [5.74, 6) is -0.398. The van der Waals surface area contributed by atoms with Crippen molar-refractivity contribution >= 4 is 23.4 Å². The molecule has 2 aromatic carbocycles. The van der Waals surface area contributed by atoms with Gasteiger partial charge >= 0.3 is 0 Å². The predicted molar refractivity (Wildman–Crippen MR) is 115 cm³/mol. The van der Waals surface area contributed by atoms with Gasteiger partial charge in [-0.25, -0.2) is 0 Å². The van der Waals surface area contributed by atoms with E-state index in [0.717, 1.165) is 11.1 Å². The van der Waals surface area contributed by atoms with Crippen LogP contribution in [0.3, 0.4) is 0 Å². The van der Waals surface area contributed by atoms with Gasteiger partial charge in [0.2, 0.25) is 11.8 Å². The first kappa shape index (κ1) is 22.1. The van der Waals surface area contributed by atoms with Crippen LogP contribution in [-0.4, -0.2) is 24.3 Å². The minimum absolute atomic E-state index is 0.0601. The monoisotopic (exact) mass is 395 g/mol. The van der Waals surface area contributed by atoms with Crippen LogP contribution in [0.15, 0.2) is 48.5 Å². The van der Waals surface area contributed by atoms with E-state index in [2.05, 4.69) is 16.0 Å². The van der Waals surface area contributed by atoms with Gasteiger partial charge in [0.15, 0.2) is 0 Å². The molecule has 0 aromatic heterocycles. The molecule has 0 radical (unpaired) electrons. The number of hydrogen-bond acceptors (Lipinski definition) is 3. The van der Waals surface area contributed by atoms with Gasteiger partial charge in [0.1, 0.15) is 0 Å². The molecule has 2 rings (SSSR count). The average molecular weight is 396 g/mol. The first-order valence-corrected chi connectivity index (χ1v) is 9.77. The Morgan fingerprint density at radius 2 is 1.62 bits per heavy atom. The van der Waals surface area contributed by atoms with Gasteiger partial charge in [0.05, 0.1) is 23.7 Å². The molecular formula is C23H29N3O3. The van der Waals surface area contributed by atoms with Crippen LogP contribution >= 0.6 is 0 Å². The minimum atomic E-state index is -0.449. The lowest BCUT2D eigenvalue weighted by Gasteiger charge is -2.19. The highest BCUT2D eigenvalue weighted by molar-refractivity contribution is 6.03. The first-order valence-electron chi connectivity index (χ1n) is 9.77. The number of carbonyl (C=O) groups excluding carboxylic acids is 3. The van der Waals surface area contributed by atoms with Gasteiger partial charge in [-0.05, 0) is 30.5 Å². The highest BCUT2D eigenvalue weighted by atomic mass is 16.2. The second-order valence-corrected chi connectivity index (χ2v) is 7.57. The van der Waals surface area contributed by atoms with Crippen molar-refractivity contribution in [3.63, 3.8) is 0 Å². The number of rotatable bonds is 8. The van der Waals surface area contributed by atoms with Crippen LogP contribution < -0.4 is 16.0 Å². The predicted octanol–water partition coefficient (Wildman–Crippen LogP) is 3.59. The van der Waals surface area contributed by atoms with E-state index in [9.17, 15) is 14.4 Å². The molecule has 2 aromatic rings. The van der Waals surface area contributed by atoms with Crippen molar-refractivity contribution in [2.75, 3.05) is 11.9 Å². The zero-order valence-corrected chi connectivity index (χ0v) is 17.4. The maximum Gasteiger partial charge on any atom is 0.253 e. The van der Waals surface area contributed by atoms with Gasteiger partial charge in [-0.3, -0.25) is 14.4 Å². The van der Waals surface area contributed by atoms with Crippen LogP contribution in [0.2, 0.25) is 0 Å². The van der Waals surface area contributed by atoms with Crippen molar-refractivity contribution in [2.24, 2.45) is 5.92 Å². The fourth-order valence-corrected chi connectivity index (χ4v) is 2.87. The van der Waals surface area contributed by atoms with Crippen LogP contribution in [0.1, 0.15) is 54.7 Å². The molecule has 0 spiro atoms. The summed E-state index contributed by atoms with van der Waals surface area (Å²) in [4.78, 5) is 36.8. The molecule has 3 amide bonds. The molecule has 6 heteroatoms. The van der Waals surface area contributed by atoms with Gasteiger partial charge in [0, 0.05) is 13.5 Å². The minimum Gasteiger partial charge on any atom is -0.352 e. The third-order valence-corrected chi connectivity index (χ3v) is 4.36. The Kier molecular flexibility index (Phi) is 7.95. The molecule has 0 aliphatic heterocycles. The van der Waals surface area contributed by atoms with E-state index in [1.165, 1.54) is 6.92 Å². The van der Waals surface area contributed by atoms with E-state index in [-0.39, 0.29) is 24.1 Å². The van der Waals surface area contributed by atoms with Crippen LogP contribution in [0.5, 0.6) is 0 Å². The molecule has 29 heavy (non-hydrogen) atoms. The van der Waals surface area contributed by atoms with E-state index in [1.807, 2.05) is 45.0 Å².